The van der Waals surface area contributed by atoms with Crippen molar-refractivity contribution in [3.63, 3.8) is 0 Å². The Balaban J connectivity index is 0.000000194. The maximum atomic E-state index is 8.95. The zero-order valence-electron chi connectivity index (χ0n) is 39.0. The average molecular weight is 861 g/mol. The average Bonchev–Trinajstić information content (AvgIpc) is 3.38. The van der Waals surface area contributed by atoms with E-state index in [0.29, 0.717) is 34.6 Å². The normalized spacial score (nSPS) is 18.2. The summed E-state index contributed by atoms with van der Waals surface area (Å²) in [4.78, 5) is 18.2. The van der Waals surface area contributed by atoms with Crippen molar-refractivity contribution in [1.29, 1.82) is 10.5 Å². The number of hydrogen-bond donors (Lipinski definition) is 0. The monoisotopic (exact) mass is 861 g/mol. The van der Waals surface area contributed by atoms with Gasteiger partial charge in [-0.3, -0.25) is 0 Å². The Morgan fingerprint density at radius 3 is 1.05 bits per heavy atom. The van der Waals surface area contributed by atoms with Gasteiger partial charge in [-0.15, -0.1) is 0 Å². The number of unbranched alkanes of at least 4 members (excludes halogenated alkanes) is 7. The van der Waals surface area contributed by atoms with Crippen LogP contribution in [0.4, 0.5) is 0 Å². The van der Waals surface area contributed by atoms with Crippen LogP contribution in [0.2, 0.25) is 0 Å². The van der Waals surface area contributed by atoms with Crippen LogP contribution in [0, 0.1) is 34.5 Å². The van der Waals surface area contributed by atoms with Crippen LogP contribution in [0.25, 0.3) is 45.0 Å². The molecule has 6 nitrogen and oxygen atoms in total. The molecule has 0 radical (unpaired) electrons. The fourth-order valence-corrected chi connectivity index (χ4v) is 10.0. The molecule has 6 aromatic rings. The minimum atomic E-state index is 0.644. The zero-order valence-corrected chi connectivity index (χ0v) is 39.0. The lowest BCUT2D eigenvalue weighted by molar-refractivity contribution is 0.302. The molecule has 334 valence electrons. The second kappa shape index (κ2) is 24.9. The number of nitriles is 2. The van der Waals surface area contributed by atoms with E-state index in [1.165, 1.54) is 133 Å². The van der Waals surface area contributed by atoms with Crippen molar-refractivity contribution >= 4 is 0 Å². The highest BCUT2D eigenvalue weighted by atomic mass is 14.9. The van der Waals surface area contributed by atoms with Crippen molar-refractivity contribution in [3.8, 4) is 57.2 Å². The van der Waals surface area contributed by atoms with Gasteiger partial charge in [-0.1, -0.05) is 133 Å². The molecule has 0 N–H and O–H groups in total. The van der Waals surface area contributed by atoms with E-state index in [-0.39, 0.29) is 0 Å². The van der Waals surface area contributed by atoms with E-state index in [1.54, 1.807) is 24.3 Å². The van der Waals surface area contributed by atoms with Crippen LogP contribution in [-0.4, -0.2) is 19.9 Å². The van der Waals surface area contributed by atoms with Gasteiger partial charge in [0.25, 0.3) is 0 Å². The van der Waals surface area contributed by atoms with Crippen LogP contribution in [0.1, 0.15) is 170 Å². The Morgan fingerprint density at radius 1 is 0.385 bits per heavy atom. The van der Waals surface area contributed by atoms with Gasteiger partial charge in [0.1, 0.15) is 0 Å². The van der Waals surface area contributed by atoms with Crippen molar-refractivity contribution in [2.45, 2.75) is 148 Å². The van der Waals surface area contributed by atoms with Gasteiger partial charge in [0.15, 0.2) is 11.6 Å². The van der Waals surface area contributed by atoms with Crippen molar-refractivity contribution in [2.24, 2.45) is 11.8 Å². The second-order valence-corrected chi connectivity index (χ2v) is 18.7. The third-order valence-corrected chi connectivity index (χ3v) is 14.2. The molecule has 4 aromatic carbocycles. The first-order chi connectivity index (χ1) is 32.0. The molecule has 0 bridgehead atoms. The molecule has 0 aliphatic heterocycles. The van der Waals surface area contributed by atoms with Crippen LogP contribution >= 0.6 is 0 Å². The Labute approximate surface area is 389 Å². The first-order valence-corrected chi connectivity index (χ1v) is 24.9. The Kier molecular flexibility index (Phi) is 18.0. The Hall–Kier alpha value is -5.98. The van der Waals surface area contributed by atoms with Crippen LogP contribution in [0.5, 0.6) is 0 Å². The van der Waals surface area contributed by atoms with Crippen LogP contribution in [0.15, 0.2) is 122 Å². The van der Waals surface area contributed by atoms with E-state index < -0.39 is 0 Å². The lowest BCUT2D eigenvalue weighted by atomic mass is 9.77. The Morgan fingerprint density at radius 2 is 0.708 bits per heavy atom. The molecule has 6 heteroatoms. The highest BCUT2D eigenvalue weighted by Crippen LogP contribution is 2.40. The molecule has 8 rings (SSSR count). The maximum Gasteiger partial charge on any atom is 0.159 e. The largest absolute Gasteiger partial charge is 0.236 e. The van der Waals surface area contributed by atoms with Gasteiger partial charge >= 0.3 is 0 Å². The van der Waals surface area contributed by atoms with Gasteiger partial charge in [-0.2, -0.15) is 10.5 Å². The highest BCUT2D eigenvalue weighted by Gasteiger charge is 2.23. The number of aromatic nitrogens is 4. The highest BCUT2D eigenvalue weighted by molar-refractivity contribution is 5.65. The van der Waals surface area contributed by atoms with Gasteiger partial charge in [0, 0.05) is 47.0 Å². The smallest absolute Gasteiger partial charge is 0.159 e. The van der Waals surface area contributed by atoms with Crippen molar-refractivity contribution < 1.29 is 0 Å². The van der Waals surface area contributed by atoms with E-state index in [2.05, 4.69) is 94.5 Å². The predicted molar refractivity (Wildman–Crippen MR) is 267 cm³/mol. The third-order valence-electron chi connectivity index (χ3n) is 14.2. The molecule has 0 amide bonds. The van der Waals surface area contributed by atoms with E-state index in [4.69, 9.17) is 10.5 Å². The molecule has 2 fully saturated rings. The number of nitrogens with zero attached hydrogens (tertiary/aromatic N) is 6. The summed E-state index contributed by atoms with van der Waals surface area (Å²) in [6.45, 7) is 4.58. The van der Waals surface area contributed by atoms with Crippen LogP contribution < -0.4 is 0 Å². The van der Waals surface area contributed by atoms with Gasteiger partial charge in [-0.25, -0.2) is 19.9 Å². The lowest BCUT2D eigenvalue weighted by Gasteiger charge is -2.29. The number of hydrogen-bond acceptors (Lipinski definition) is 6. The molecule has 0 spiro atoms. The molecule has 2 heterocycles. The summed E-state index contributed by atoms with van der Waals surface area (Å²) in [6.07, 6.45) is 33.9. The molecule has 2 saturated carbocycles. The van der Waals surface area contributed by atoms with Crippen LogP contribution in [0.3, 0.4) is 0 Å². The standard InChI is InChI=1S/C30H35N3.C29H33N3/c1-2-3-4-5-6-7-23-8-12-25(13-9-23)26-16-18-27(19-17-26)29-21-32-30(33-22-29)28-14-10-24(20-31)11-15-28;1-2-3-4-5-6-22-7-11-24(12-8-22)25-15-17-26(18-16-25)28-20-31-29(32-21-28)27-13-9-23(19-30)10-14-27/h10-11,14-19,21-23,25H,2-9,12-13H2,1H3;9-10,13-18,20-22,24H,2-8,11-12H2,1H3. The molecule has 2 aliphatic rings. The van der Waals surface area contributed by atoms with Crippen LogP contribution in [-0.2, 0) is 0 Å². The minimum absolute atomic E-state index is 0.644. The fourth-order valence-electron chi connectivity index (χ4n) is 10.0. The molecule has 0 atom stereocenters. The van der Waals surface area contributed by atoms with Gasteiger partial charge in [-0.05, 0) is 146 Å². The summed E-state index contributed by atoms with van der Waals surface area (Å²) < 4.78 is 0. The quantitative estimate of drug-likeness (QED) is 0.0847. The van der Waals surface area contributed by atoms with Crippen molar-refractivity contribution in [3.05, 3.63) is 144 Å². The first-order valence-electron chi connectivity index (χ1n) is 24.9. The van der Waals surface area contributed by atoms with Crippen molar-refractivity contribution in [1.82, 2.24) is 19.9 Å². The zero-order chi connectivity index (χ0) is 45.1. The summed E-state index contributed by atoms with van der Waals surface area (Å²) in [5.41, 5.74) is 10.5. The topological polar surface area (TPSA) is 99.1 Å². The van der Waals surface area contributed by atoms with E-state index in [0.717, 1.165) is 45.2 Å². The Bertz CT molecular complexity index is 2370. The first kappa shape index (κ1) is 47.0. The SMILES string of the molecule is CCCCCCC1CCC(c2ccc(-c3cnc(-c4ccc(C#N)cc4)nc3)cc2)CC1.CCCCCCCC1CCC(c2ccc(-c3cnc(-c4ccc(C#N)cc4)nc3)cc2)CC1. The number of rotatable bonds is 17. The van der Waals surface area contributed by atoms with Gasteiger partial charge < -0.3 is 0 Å². The summed E-state index contributed by atoms with van der Waals surface area (Å²) in [6, 6.07) is 37.1. The molecule has 65 heavy (non-hydrogen) atoms. The van der Waals surface area contributed by atoms with Gasteiger partial charge in [0.05, 0.1) is 23.3 Å². The van der Waals surface area contributed by atoms with E-state index >= 15 is 0 Å². The minimum Gasteiger partial charge on any atom is -0.236 e. The summed E-state index contributed by atoms with van der Waals surface area (Å²) in [5.74, 6) is 4.70. The summed E-state index contributed by atoms with van der Waals surface area (Å²) >= 11 is 0. The summed E-state index contributed by atoms with van der Waals surface area (Å²) in [5, 5.41) is 17.9. The fraction of sp³-hybridized carbons (Fsp3) is 0.424. The van der Waals surface area contributed by atoms with Gasteiger partial charge in [0.2, 0.25) is 0 Å². The lowest BCUT2D eigenvalue weighted by Crippen LogP contribution is -2.13. The molecular formula is C59H68N6. The van der Waals surface area contributed by atoms with E-state index in [9.17, 15) is 0 Å². The molecule has 0 saturated heterocycles. The maximum absolute atomic E-state index is 8.95. The molecule has 2 aromatic heterocycles. The predicted octanol–water partition coefficient (Wildman–Crippen LogP) is 16.2. The molecule has 0 unspecified atom stereocenters. The van der Waals surface area contributed by atoms with E-state index in [1.807, 2.05) is 49.1 Å². The molecule has 2 aliphatic carbocycles. The molecular weight excluding hydrogens is 793 g/mol. The summed E-state index contributed by atoms with van der Waals surface area (Å²) in [7, 11) is 0. The van der Waals surface area contributed by atoms with Crippen molar-refractivity contribution in [2.75, 3.05) is 0 Å². The number of benzene rings is 4. The third kappa shape index (κ3) is 13.8. The second-order valence-electron chi connectivity index (χ2n) is 18.7.